The molecule has 7 heteroatoms. The number of aliphatic hydroxyl groups is 1. The molecule has 1 heterocycles. The third-order valence-electron chi connectivity index (χ3n) is 3.62. The Labute approximate surface area is 136 Å². The lowest BCUT2D eigenvalue weighted by molar-refractivity contribution is -0.106. The van der Waals surface area contributed by atoms with Gasteiger partial charge in [-0.15, -0.1) is 0 Å². The molecule has 7 nitrogen and oxygen atoms in total. The van der Waals surface area contributed by atoms with Gasteiger partial charge >= 0.3 is 0 Å². The second-order valence-electron chi connectivity index (χ2n) is 4.99. The van der Waals surface area contributed by atoms with E-state index < -0.39 is 0 Å². The summed E-state index contributed by atoms with van der Waals surface area (Å²) in [6.07, 6.45) is 2.42. The van der Waals surface area contributed by atoms with Crippen molar-refractivity contribution >= 4 is 17.9 Å². The molecule has 2 rings (SSSR count). The van der Waals surface area contributed by atoms with Crippen molar-refractivity contribution in [3.63, 3.8) is 0 Å². The van der Waals surface area contributed by atoms with E-state index in [0.29, 0.717) is 13.0 Å². The van der Waals surface area contributed by atoms with Crippen LogP contribution in [0.1, 0.15) is 18.4 Å². The number of carbonyl (C=O) groups excluding carboxylic acids is 1. The Bertz CT molecular complexity index is 522. The van der Waals surface area contributed by atoms with Crippen LogP contribution in [0.5, 0.6) is 0 Å². The van der Waals surface area contributed by atoms with Crippen molar-refractivity contribution in [2.24, 2.45) is 10.7 Å². The fourth-order valence-corrected chi connectivity index (χ4v) is 2.56. The summed E-state index contributed by atoms with van der Waals surface area (Å²) in [5.41, 5.74) is 7.47. The van der Waals surface area contributed by atoms with Gasteiger partial charge in [0.1, 0.15) is 12.1 Å². The molecule has 1 aromatic rings. The lowest BCUT2D eigenvalue weighted by Gasteiger charge is -2.28. The SMILES string of the molecule is CO.COCC1CCC(N(C)c2ccccc2C(N)=NC=O)O1. The largest absolute Gasteiger partial charge is 0.400 e. The zero-order chi connectivity index (χ0) is 17.2. The third-order valence-corrected chi connectivity index (χ3v) is 3.62. The van der Waals surface area contributed by atoms with Crippen LogP contribution in [0.3, 0.4) is 0 Å². The van der Waals surface area contributed by atoms with Crippen LogP contribution in [0.2, 0.25) is 0 Å². The van der Waals surface area contributed by atoms with Crippen molar-refractivity contribution in [2.45, 2.75) is 25.2 Å². The predicted molar refractivity (Wildman–Crippen MR) is 89.5 cm³/mol. The Kier molecular flexibility index (Phi) is 8.25. The highest BCUT2D eigenvalue weighted by atomic mass is 16.5. The van der Waals surface area contributed by atoms with Gasteiger partial charge in [0, 0.05) is 32.5 Å². The van der Waals surface area contributed by atoms with Gasteiger partial charge in [0.2, 0.25) is 6.41 Å². The van der Waals surface area contributed by atoms with Crippen LogP contribution in [0, 0.1) is 0 Å². The number of amides is 1. The summed E-state index contributed by atoms with van der Waals surface area (Å²) in [6.45, 7) is 0.598. The second kappa shape index (κ2) is 9.94. The summed E-state index contributed by atoms with van der Waals surface area (Å²) in [6, 6.07) is 7.57. The second-order valence-corrected chi connectivity index (χ2v) is 4.99. The van der Waals surface area contributed by atoms with Crippen LogP contribution in [0.15, 0.2) is 29.3 Å². The maximum absolute atomic E-state index is 10.5. The Morgan fingerprint density at radius 2 is 2.17 bits per heavy atom. The molecule has 23 heavy (non-hydrogen) atoms. The van der Waals surface area contributed by atoms with Crippen LogP contribution in [-0.2, 0) is 14.3 Å². The van der Waals surface area contributed by atoms with Gasteiger partial charge in [-0.05, 0) is 25.0 Å². The molecule has 2 atom stereocenters. The van der Waals surface area contributed by atoms with Gasteiger partial charge in [-0.25, -0.2) is 0 Å². The molecular formula is C16H25N3O4. The molecule has 1 fully saturated rings. The van der Waals surface area contributed by atoms with E-state index in [1.807, 2.05) is 36.2 Å². The zero-order valence-electron chi connectivity index (χ0n) is 13.8. The number of hydrogen-bond donors (Lipinski definition) is 2. The number of carbonyl (C=O) groups is 1. The summed E-state index contributed by atoms with van der Waals surface area (Å²) in [7, 11) is 4.62. The average molecular weight is 323 g/mol. The monoisotopic (exact) mass is 323 g/mol. The van der Waals surface area contributed by atoms with Gasteiger partial charge in [0.05, 0.1) is 12.7 Å². The number of nitrogens with zero attached hydrogens (tertiary/aromatic N) is 2. The Morgan fingerprint density at radius 3 is 2.83 bits per heavy atom. The first-order valence-corrected chi connectivity index (χ1v) is 7.35. The maximum Gasteiger partial charge on any atom is 0.234 e. The van der Waals surface area contributed by atoms with Crippen molar-refractivity contribution in [1.82, 2.24) is 0 Å². The summed E-state index contributed by atoms with van der Waals surface area (Å²) >= 11 is 0. The van der Waals surface area contributed by atoms with E-state index in [1.54, 1.807) is 7.11 Å². The topological polar surface area (TPSA) is 97.4 Å². The van der Waals surface area contributed by atoms with Crippen molar-refractivity contribution in [3.8, 4) is 0 Å². The number of nitrogens with two attached hydrogens (primary N) is 1. The standard InChI is InChI=1S/C15H21N3O3.CH4O/c1-18(14-8-7-11(21-14)9-20-2)13-6-4-3-5-12(13)15(16)17-10-19;1-2/h3-6,10-11,14H,7-9H2,1-2H3,(H2,16,17,19);2H,1H3. The van der Waals surface area contributed by atoms with E-state index in [9.17, 15) is 4.79 Å². The summed E-state index contributed by atoms with van der Waals surface area (Å²) in [5, 5.41) is 7.00. The molecule has 1 aliphatic rings. The van der Waals surface area contributed by atoms with Crippen LogP contribution in [0.25, 0.3) is 0 Å². The Hall–Kier alpha value is -1.96. The maximum atomic E-state index is 10.5. The van der Waals surface area contributed by atoms with Gasteiger partial charge in [-0.2, -0.15) is 4.99 Å². The normalized spacial score (nSPS) is 20.6. The minimum atomic E-state index is -0.0321. The predicted octanol–water partition coefficient (Wildman–Crippen LogP) is 0.745. The number of amidine groups is 1. The number of anilines is 1. The first-order chi connectivity index (χ1) is 11.2. The van der Waals surface area contributed by atoms with Crippen molar-refractivity contribution in [3.05, 3.63) is 29.8 Å². The number of rotatable bonds is 6. The molecule has 1 aliphatic heterocycles. The Balaban J connectivity index is 0.00000127. The fraction of sp³-hybridized carbons (Fsp3) is 0.500. The number of aliphatic imine (C=N–C) groups is 1. The molecule has 0 bridgehead atoms. The van der Waals surface area contributed by atoms with E-state index in [-0.39, 0.29) is 18.2 Å². The molecule has 0 spiro atoms. The zero-order valence-corrected chi connectivity index (χ0v) is 13.8. The van der Waals surface area contributed by atoms with Crippen LogP contribution < -0.4 is 10.6 Å². The van der Waals surface area contributed by atoms with Gasteiger partial charge in [-0.3, -0.25) is 4.79 Å². The molecule has 0 saturated carbocycles. The van der Waals surface area contributed by atoms with Crippen molar-refractivity contribution in [2.75, 3.05) is 32.8 Å². The lowest BCUT2D eigenvalue weighted by Crippen LogP contribution is -2.34. The van der Waals surface area contributed by atoms with Crippen LogP contribution >= 0.6 is 0 Å². The number of benzene rings is 1. The number of methoxy groups -OCH3 is 1. The van der Waals surface area contributed by atoms with Crippen molar-refractivity contribution in [1.29, 1.82) is 0 Å². The van der Waals surface area contributed by atoms with E-state index in [0.717, 1.165) is 31.2 Å². The minimum Gasteiger partial charge on any atom is -0.400 e. The van der Waals surface area contributed by atoms with Crippen molar-refractivity contribution < 1.29 is 19.4 Å². The van der Waals surface area contributed by atoms with E-state index in [1.165, 1.54) is 0 Å². The van der Waals surface area contributed by atoms with Crippen LogP contribution in [0.4, 0.5) is 5.69 Å². The number of hydrogen-bond acceptors (Lipinski definition) is 5. The molecule has 128 valence electrons. The van der Waals surface area contributed by atoms with E-state index in [2.05, 4.69) is 4.99 Å². The fourth-order valence-electron chi connectivity index (χ4n) is 2.56. The third kappa shape index (κ3) is 5.02. The molecule has 1 aromatic carbocycles. The van der Waals surface area contributed by atoms with Gasteiger partial charge < -0.3 is 25.2 Å². The smallest absolute Gasteiger partial charge is 0.234 e. The average Bonchev–Trinajstić information content (AvgIpc) is 3.05. The lowest BCUT2D eigenvalue weighted by atomic mass is 10.1. The minimum absolute atomic E-state index is 0.0321. The molecule has 1 saturated heterocycles. The number of ether oxygens (including phenoxy) is 2. The highest BCUT2D eigenvalue weighted by Crippen LogP contribution is 2.28. The number of para-hydroxylation sites is 1. The van der Waals surface area contributed by atoms with E-state index >= 15 is 0 Å². The van der Waals surface area contributed by atoms with Gasteiger partial charge in [-0.1, -0.05) is 12.1 Å². The molecule has 0 radical (unpaired) electrons. The molecule has 0 aromatic heterocycles. The summed E-state index contributed by atoms with van der Waals surface area (Å²) in [4.78, 5) is 16.2. The molecule has 1 amide bonds. The first-order valence-electron chi connectivity index (χ1n) is 7.35. The van der Waals surface area contributed by atoms with E-state index in [4.69, 9.17) is 20.3 Å². The highest BCUT2D eigenvalue weighted by molar-refractivity contribution is 6.05. The summed E-state index contributed by atoms with van der Waals surface area (Å²) < 4.78 is 11.1. The quantitative estimate of drug-likeness (QED) is 0.455. The number of aliphatic hydroxyl groups excluding tert-OH is 1. The molecular weight excluding hydrogens is 298 g/mol. The Morgan fingerprint density at radius 1 is 1.48 bits per heavy atom. The first kappa shape index (κ1) is 19.1. The van der Waals surface area contributed by atoms with Gasteiger partial charge in [0.15, 0.2) is 0 Å². The summed E-state index contributed by atoms with van der Waals surface area (Å²) in [5.74, 6) is 0.207. The molecule has 0 aliphatic carbocycles. The molecule has 2 unspecified atom stereocenters. The molecule has 3 N–H and O–H groups in total. The highest BCUT2D eigenvalue weighted by Gasteiger charge is 2.29. The van der Waals surface area contributed by atoms with Crippen LogP contribution in [-0.4, -0.2) is 57.6 Å². The van der Waals surface area contributed by atoms with Gasteiger partial charge in [0.25, 0.3) is 0 Å².